The van der Waals surface area contributed by atoms with E-state index >= 15 is 0 Å². The van der Waals surface area contributed by atoms with Crippen LogP contribution in [0.2, 0.25) is 0 Å². The first-order valence-corrected chi connectivity index (χ1v) is 13.9. The lowest BCUT2D eigenvalue weighted by molar-refractivity contribution is -0.137. The van der Waals surface area contributed by atoms with Crippen LogP contribution in [-0.4, -0.2) is 22.4 Å². The summed E-state index contributed by atoms with van der Waals surface area (Å²) in [7, 11) is 0. The summed E-state index contributed by atoms with van der Waals surface area (Å²) in [4.78, 5) is 26.7. The maximum atomic E-state index is 13.8. The van der Waals surface area contributed by atoms with E-state index in [-0.39, 0.29) is 25.5 Å². The van der Waals surface area contributed by atoms with Crippen LogP contribution in [-0.2, 0) is 29.5 Å². The van der Waals surface area contributed by atoms with E-state index in [1.807, 2.05) is 48.5 Å². The number of hydrogen-bond acceptors (Lipinski definition) is 5. The number of nitrogens with zero attached hydrogens (tertiary/aromatic N) is 2. The molecule has 0 N–H and O–H groups in total. The van der Waals surface area contributed by atoms with Crippen LogP contribution >= 0.6 is 0 Å². The molecule has 9 heteroatoms. The van der Waals surface area contributed by atoms with Crippen LogP contribution in [0, 0.1) is 0 Å². The van der Waals surface area contributed by atoms with Gasteiger partial charge in [0, 0.05) is 11.0 Å². The van der Waals surface area contributed by atoms with E-state index in [4.69, 9.17) is 9.47 Å². The molecule has 4 aromatic rings. The Morgan fingerprint density at radius 1 is 0.952 bits per heavy atom. The van der Waals surface area contributed by atoms with E-state index in [0.717, 1.165) is 24.5 Å². The minimum absolute atomic E-state index is 0.0365. The third-order valence-electron chi connectivity index (χ3n) is 7.67. The van der Waals surface area contributed by atoms with Crippen molar-refractivity contribution in [3.05, 3.63) is 118 Å². The number of carbonyl (C=O) groups excluding carboxylic acids is 1. The molecule has 0 unspecified atom stereocenters. The second kappa shape index (κ2) is 12.2. The van der Waals surface area contributed by atoms with Gasteiger partial charge in [0.1, 0.15) is 12.3 Å². The second-order valence-electron chi connectivity index (χ2n) is 10.4. The second-order valence-corrected chi connectivity index (χ2v) is 10.4. The molecule has 1 fully saturated rings. The Bertz CT molecular complexity index is 1600. The minimum Gasteiger partial charge on any atom is -0.483 e. The lowest BCUT2D eigenvalue weighted by Crippen LogP contribution is -2.34. The summed E-state index contributed by atoms with van der Waals surface area (Å²) in [5.74, 6) is -0.958. The average Bonchev–Trinajstić information content (AvgIpc) is 3.47. The van der Waals surface area contributed by atoms with Gasteiger partial charge in [-0.05, 0) is 37.0 Å². The summed E-state index contributed by atoms with van der Waals surface area (Å²) in [6.45, 7) is 1.85. The number of carbonyl (C=O) groups is 1. The predicted octanol–water partition coefficient (Wildman–Crippen LogP) is 7.20. The van der Waals surface area contributed by atoms with E-state index in [0.29, 0.717) is 29.7 Å². The summed E-state index contributed by atoms with van der Waals surface area (Å²) in [5.41, 5.74) is -0.250. The lowest BCUT2D eigenvalue weighted by atomic mass is 9.78. The zero-order valence-electron chi connectivity index (χ0n) is 23.2. The minimum atomic E-state index is -4.49. The molecule has 218 valence electrons. The molecule has 0 aliphatic heterocycles. The van der Waals surface area contributed by atoms with Gasteiger partial charge < -0.3 is 9.47 Å². The highest BCUT2D eigenvalue weighted by atomic mass is 19.4. The van der Waals surface area contributed by atoms with Gasteiger partial charge in [-0.15, -0.1) is 0 Å². The molecular weight excluding hydrogens is 545 g/mol. The standard InChI is InChI=1S/C33H31F3N2O4/c1-2-41-31(40)27-29(39)30(42-21-23-12-5-3-6-13-23)28(24-14-7-4-8-15-24)38(37-27)22-32(18-9-10-19-32)25-16-11-17-26(20-25)33(34,35)36/h3-8,11-17,20H,2,9-10,18-19,21-22H2,1H3. The van der Waals surface area contributed by atoms with Gasteiger partial charge in [-0.3, -0.25) is 9.48 Å². The molecular formula is C33H31F3N2O4. The van der Waals surface area contributed by atoms with E-state index < -0.39 is 34.2 Å². The first-order chi connectivity index (χ1) is 20.2. The summed E-state index contributed by atoms with van der Waals surface area (Å²) in [6, 6.07) is 23.7. The third-order valence-corrected chi connectivity index (χ3v) is 7.67. The fraction of sp³-hybridized carbons (Fsp3) is 0.303. The van der Waals surface area contributed by atoms with Crippen molar-refractivity contribution in [3.63, 3.8) is 0 Å². The summed E-state index contributed by atoms with van der Waals surface area (Å²) in [5, 5.41) is 4.52. The Balaban J connectivity index is 1.70. The SMILES string of the molecule is CCOC(=O)c1nn(CC2(c3cccc(C(F)(F)F)c3)CCCC2)c(-c2ccccc2)c(OCc2ccccc2)c1=O. The number of alkyl halides is 3. The number of halogens is 3. The Hall–Kier alpha value is -4.40. The van der Waals surface area contributed by atoms with Gasteiger partial charge in [-0.25, -0.2) is 4.79 Å². The zero-order chi connectivity index (χ0) is 29.7. The predicted molar refractivity (Wildman–Crippen MR) is 152 cm³/mol. The molecule has 1 aliphatic carbocycles. The smallest absolute Gasteiger partial charge is 0.416 e. The molecule has 5 rings (SSSR count). The first kappa shape index (κ1) is 29.1. The molecule has 0 saturated heterocycles. The van der Waals surface area contributed by atoms with E-state index in [1.54, 1.807) is 29.8 Å². The highest BCUT2D eigenvalue weighted by Gasteiger charge is 2.40. The quantitative estimate of drug-likeness (QED) is 0.197. The topological polar surface area (TPSA) is 70.4 Å². The largest absolute Gasteiger partial charge is 0.483 e. The van der Waals surface area contributed by atoms with Gasteiger partial charge in [-0.2, -0.15) is 18.3 Å². The fourth-order valence-electron chi connectivity index (χ4n) is 5.64. The van der Waals surface area contributed by atoms with Crippen molar-refractivity contribution in [2.45, 2.75) is 57.3 Å². The Morgan fingerprint density at radius 3 is 2.26 bits per heavy atom. The van der Waals surface area contributed by atoms with Crippen molar-refractivity contribution >= 4 is 5.97 Å². The van der Waals surface area contributed by atoms with Crippen LogP contribution in [0.15, 0.2) is 89.7 Å². The number of rotatable bonds is 9. The van der Waals surface area contributed by atoms with Crippen molar-refractivity contribution in [1.29, 1.82) is 0 Å². The van der Waals surface area contributed by atoms with Gasteiger partial charge in [0.15, 0.2) is 5.75 Å². The fourth-order valence-corrected chi connectivity index (χ4v) is 5.64. The Morgan fingerprint density at radius 2 is 1.62 bits per heavy atom. The molecule has 0 spiro atoms. The Labute approximate surface area is 241 Å². The first-order valence-electron chi connectivity index (χ1n) is 13.9. The molecule has 1 aliphatic rings. The summed E-state index contributed by atoms with van der Waals surface area (Å²) in [6.07, 6.45) is -1.62. The van der Waals surface area contributed by atoms with Crippen molar-refractivity contribution in [3.8, 4) is 17.0 Å². The molecule has 0 radical (unpaired) electrons. The van der Waals surface area contributed by atoms with Gasteiger partial charge in [0.2, 0.25) is 5.69 Å². The van der Waals surface area contributed by atoms with E-state index in [2.05, 4.69) is 5.10 Å². The number of ether oxygens (including phenoxy) is 2. The van der Waals surface area contributed by atoms with Gasteiger partial charge in [0.25, 0.3) is 5.43 Å². The Kier molecular flexibility index (Phi) is 8.47. The van der Waals surface area contributed by atoms with Gasteiger partial charge >= 0.3 is 12.1 Å². The van der Waals surface area contributed by atoms with Crippen molar-refractivity contribution in [1.82, 2.24) is 9.78 Å². The molecule has 1 aromatic heterocycles. The normalized spacial score (nSPS) is 14.5. The number of hydrogen-bond donors (Lipinski definition) is 0. The molecule has 1 saturated carbocycles. The number of esters is 1. The highest BCUT2D eigenvalue weighted by Crippen LogP contribution is 2.45. The van der Waals surface area contributed by atoms with Crippen LogP contribution in [0.4, 0.5) is 13.2 Å². The zero-order valence-corrected chi connectivity index (χ0v) is 23.2. The molecule has 0 amide bonds. The summed E-state index contributed by atoms with van der Waals surface area (Å²) < 4.78 is 54.0. The highest BCUT2D eigenvalue weighted by molar-refractivity contribution is 5.88. The van der Waals surface area contributed by atoms with Crippen LogP contribution < -0.4 is 10.2 Å². The molecule has 3 aromatic carbocycles. The number of aromatic nitrogens is 2. The van der Waals surface area contributed by atoms with Crippen LogP contribution in [0.3, 0.4) is 0 Å². The molecule has 1 heterocycles. The van der Waals surface area contributed by atoms with Crippen molar-refractivity contribution in [2.24, 2.45) is 0 Å². The number of benzene rings is 3. The van der Waals surface area contributed by atoms with Crippen molar-refractivity contribution in [2.75, 3.05) is 6.61 Å². The molecule has 6 nitrogen and oxygen atoms in total. The van der Waals surface area contributed by atoms with E-state index in [9.17, 15) is 22.8 Å². The van der Waals surface area contributed by atoms with Crippen molar-refractivity contribution < 1.29 is 27.4 Å². The monoisotopic (exact) mass is 576 g/mol. The molecule has 42 heavy (non-hydrogen) atoms. The van der Waals surface area contributed by atoms with Crippen LogP contribution in [0.25, 0.3) is 11.3 Å². The van der Waals surface area contributed by atoms with Gasteiger partial charge in [0.05, 0.1) is 18.7 Å². The van der Waals surface area contributed by atoms with Gasteiger partial charge in [-0.1, -0.05) is 91.7 Å². The summed E-state index contributed by atoms with van der Waals surface area (Å²) >= 11 is 0. The van der Waals surface area contributed by atoms with Crippen LogP contribution in [0.5, 0.6) is 5.75 Å². The molecule has 0 atom stereocenters. The maximum absolute atomic E-state index is 13.8. The maximum Gasteiger partial charge on any atom is 0.416 e. The lowest BCUT2D eigenvalue weighted by Gasteiger charge is -2.32. The van der Waals surface area contributed by atoms with Crippen LogP contribution in [0.1, 0.15) is 59.8 Å². The third kappa shape index (κ3) is 6.10. The molecule has 0 bridgehead atoms. The average molecular weight is 577 g/mol. The van der Waals surface area contributed by atoms with E-state index in [1.165, 1.54) is 12.1 Å².